The molecule has 2 rings (SSSR count). The zero-order valence-electron chi connectivity index (χ0n) is 9.86. The van der Waals surface area contributed by atoms with Crippen LogP contribution in [0.5, 0.6) is 0 Å². The van der Waals surface area contributed by atoms with Gasteiger partial charge in [-0.2, -0.15) is 0 Å². The van der Waals surface area contributed by atoms with E-state index in [4.69, 9.17) is 5.73 Å². The van der Waals surface area contributed by atoms with E-state index in [0.29, 0.717) is 0 Å². The molecular formula is C14H13F2NS. The van der Waals surface area contributed by atoms with Crippen molar-refractivity contribution in [3.8, 4) is 0 Å². The van der Waals surface area contributed by atoms with Crippen molar-refractivity contribution >= 4 is 11.8 Å². The number of benzene rings is 2. The lowest BCUT2D eigenvalue weighted by Gasteiger charge is -2.14. The molecule has 0 aromatic heterocycles. The van der Waals surface area contributed by atoms with Gasteiger partial charge in [0.2, 0.25) is 0 Å². The first-order chi connectivity index (χ1) is 8.63. The lowest BCUT2D eigenvalue weighted by molar-refractivity contribution is 0.494. The number of hydrogen-bond acceptors (Lipinski definition) is 2. The highest BCUT2D eigenvalue weighted by Crippen LogP contribution is 2.25. The van der Waals surface area contributed by atoms with Crippen LogP contribution in [0.4, 0.5) is 8.78 Å². The molecule has 18 heavy (non-hydrogen) atoms. The number of thioether (sulfide) groups is 1. The second-order valence-corrected chi connectivity index (χ2v) is 4.77. The fourth-order valence-electron chi connectivity index (χ4n) is 1.75. The van der Waals surface area contributed by atoms with Gasteiger partial charge in [0.15, 0.2) is 11.6 Å². The van der Waals surface area contributed by atoms with Crippen LogP contribution in [0, 0.1) is 11.6 Å². The minimum atomic E-state index is -0.876. The zero-order chi connectivity index (χ0) is 13.1. The highest BCUT2D eigenvalue weighted by Gasteiger charge is 2.16. The molecule has 2 aromatic rings. The molecule has 0 fully saturated rings. The Hall–Kier alpha value is -1.39. The maximum atomic E-state index is 13.6. The molecule has 0 spiro atoms. The van der Waals surface area contributed by atoms with Gasteiger partial charge in [-0.15, -0.1) is 11.8 Å². The van der Waals surface area contributed by atoms with Gasteiger partial charge in [-0.3, -0.25) is 0 Å². The monoisotopic (exact) mass is 265 g/mol. The molecular weight excluding hydrogens is 252 g/mol. The average Bonchev–Trinajstić information content (AvgIpc) is 2.41. The Morgan fingerprint density at radius 1 is 1.06 bits per heavy atom. The van der Waals surface area contributed by atoms with E-state index in [9.17, 15) is 8.78 Å². The molecule has 0 radical (unpaired) electrons. The summed E-state index contributed by atoms with van der Waals surface area (Å²) in [5.41, 5.74) is 6.90. The summed E-state index contributed by atoms with van der Waals surface area (Å²) < 4.78 is 26.8. The van der Waals surface area contributed by atoms with Crippen molar-refractivity contribution in [3.63, 3.8) is 0 Å². The molecule has 0 aliphatic heterocycles. The average molecular weight is 265 g/mol. The van der Waals surface area contributed by atoms with Gasteiger partial charge in [0.1, 0.15) is 0 Å². The van der Waals surface area contributed by atoms with Crippen molar-refractivity contribution < 1.29 is 8.78 Å². The number of rotatable bonds is 3. The molecule has 0 saturated carbocycles. The van der Waals surface area contributed by atoms with E-state index in [1.165, 1.54) is 12.1 Å². The van der Waals surface area contributed by atoms with Crippen LogP contribution in [0.15, 0.2) is 47.4 Å². The van der Waals surface area contributed by atoms with Crippen molar-refractivity contribution in [1.29, 1.82) is 0 Å². The third-order valence-electron chi connectivity index (χ3n) is 2.79. The molecule has 0 bridgehead atoms. The lowest BCUT2D eigenvalue weighted by Crippen LogP contribution is -2.14. The molecule has 0 aliphatic rings. The minimum absolute atomic E-state index is 0.173. The van der Waals surface area contributed by atoms with Crippen LogP contribution in [0.3, 0.4) is 0 Å². The van der Waals surface area contributed by atoms with Crippen LogP contribution in [0.1, 0.15) is 17.2 Å². The smallest absolute Gasteiger partial charge is 0.163 e. The summed E-state index contributed by atoms with van der Waals surface area (Å²) in [5, 5.41) is 0. The Bertz CT molecular complexity index is 540. The van der Waals surface area contributed by atoms with E-state index in [-0.39, 0.29) is 5.56 Å². The molecule has 1 nitrogen and oxygen atoms in total. The predicted octanol–water partition coefficient (Wildman–Crippen LogP) is 3.73. The number of halogens is 2. The number of nitrogens with two attached hydrogens (primary N) is 1. The quantitative estimate of drug-likeness (QED) is 0.856. The van der Waals surface area contributed by atoms with Gasteiger partial charge in [-0.05, 0) is 30.0 Å². The largest absolute Gasteiger partial charge is 0.320 e. The second-order valence-electron chi connectivity index (χ2n) is 3.89. The Kier molecular flexibility index (Phi) is 3.99. The first kappa shape index (κ1) is 13.1. The molecule has 0 heterocycles. The molecule has 1 unspecified atom stereocenters. The van der Waals surface area contributed by atoms with E-state index in [0.717, 1.165) is 16.5 Å². The molecule has 1 atom stereocenters. The molecule has 4 heteroatoms. The Morgan fingerprint density at radius 2 is 1.72 bits per heavy atom. The summed E-state index contributed by atoms with van der Waals surface area (Å²) in [7, 11) is 0. The highest BCUT2D eigenvalue weighted by molar-refractivity contribution is 7.98. The van der Waals surface area contributed by atoms with Crippen molar-refractivity contribution in [2.24, 2.45) is 5.73 Å². The van der Waals surface area contributed by atoms with Gasteiger partial charge in [0.05, 0.1) is 6.04 Å². The molecule has 2 N–H and O–H groups in total. The van der Waals surface area contributed by atoms with Crippen LogP contribution >= 0.6 is 11.8 Å². The molecule has 0 aliphatic carbocycles. The highest BCUT2D eigenvalue weighted by atomic mass is 32.2. The summed E-state index contributed by atoms with van der Waals surface area (Å²) in [6, 6.07) is 10.9. The SMILES string of the molecule is CSc1ccc(C(N)c2cccc(F)c2F)cc1. The summed E-state index contributed by atoms with van der Waals surface area (Å²) in [6.07, 6.45) is 1.97. The first-order valence-electron chi connectivity index (χ1n) is 5.47. The van der Waals surface area contributed by atoms with Gasteiger partial charge < -0.3 is 5.73 Å². The summed E-state index contributed by atoms with van der Waals surface area (Å²) in [6.45, 7) is 0. The van der Waals surface area contributed by atoms with Gasteiger partial charge in [-0.25, -0.2) is 8.78 Å². The van der Waals surface area contributed by atoms with Crippen LogP contribution < -0.4 is 5.73 Å². The fraction of sp³-hybridized carbons (Fsp3) is 0.143. The Balaban J connectivity index is 2.35. The molecule has 94 valence electrons. The van der Waals surface area contributed by atoms with Gasteiger partial charge >= 0.3 is 0 Å². The first-order valence-corrected chi connectivity index (χ1v) is 6.69. The molecule has 0 amide bonds. The Morgan fingerprint density at radius 3 is 2.33 bits per heavy atom. The fourth-order valence-corrected chi connectivity index (χ4v) is 2.16. The van der Waals surface area contributed by atoms with E-state index in [2.05, 4.69) is 0 Å². The third kappa shape index (κ3) is 2.54. The summed E-state index contributed by atoms with van der Waals surface area (Å²) in [4.78, 5) is 1.10. The van der Waals surface area contributed by atoms with E-state index < -0.39 is 17.7 Å². The topological polar surface area (TPSA) is 26.0 Å². The second kappa shape index (κ2) is 5.50. The summed E-state index contributed by atoms with van der Waals surface area (Å²) in [5.74, 6) is -1.75. The van der Waals surface area contributed by atoms with Gasteiger partial charge in [0, 0.05) is 10.5 Å². The molecule has 2 aromatic carbocycles. The normalized spacial score (nSPS) is 12.4. The van der Waals surface area contributed by atoms with Crippen molar-refractivity contribution in [1.82, 2.24) is 0 Å². The van der Waals surface area contributed by atoms with Gasteiger partial charge in [0.25, 0.3) is 0 Å². The molecule has 0 saturated heterocycles. The van der Waals surface area contributed by atoms with Crippen LogP contribution in [-0.2, 0) is 0 Å². The van der Waals surface area contributed by atoms with Crippen molar-refractivity contribution in [2.45, 2.75) is 10.9 Å². The minimum Gasteiger partial charge on any atom is -0.320 e. The van der Waals surface area contributed by atoms with Gasteiger partial charge in [-0.1, -0.05) is 24.3 Å². The van der Waals surface area contributed by atoms with E-state index in [1.807, 2.05) is 30.5 Å². The maximum Gasteiger partial charge on any atom is 0.163 e. The van der Waals surface area contributed by atoms with Crippen LogP contribution in [0.2, 0.25) is 0 Å². The van der Waals surface area contributed by atoms with E-state index in [1.54, 1.807) is 11.8 Å². The van der Waals surface area contributed by atoms with E-state index >= 15 is 0 Å². The predicted molar refractivity (Wildman–Crippen MR) is 70.6 cm³/mol. The third-order valence-corrected chi connectivity index (χ3v) is 3.54. The summed E-state index contributed by atoms with van der Waals surface area (Å²) >= 11 is 1.62. The van der Waals surface area contributed by atoms with Crippen molar-refractivity contribution in [2.75, 3.05) is 6.26 Å². The van der Waals surface area contributed by atoms with Crippen LogP contribution in [0.25, 0.3) is 0 Å². The van der Waals surface area contributed by atoms with Crippen LogP contribution in [-0.4, -0.2) is 6.26 Å². The lowest BCUT2D eigenvalue weighted by atomic mass is 9.99. The zero-order valence-corrected chi connectivity index (χ0v) is 10.7. The Labute approximate surface area is 109 Å². The number of hydrogen-bond donors (Lipinski definition) is 1. The standard InChI is InChI=1S/C14H13F2NS/c1-18-10-7-5-9(6-8-10)14(17)11-3-2-4-12(15)13(11)16/h2-8,14H,17H2,1H3. The maximum absolute atomic E-state index is 13.6. The van der Waals surface area contributed by atoms with Crippen molar-refractivity contribution in [3.05, 3.63) is 65.2 Å².